The summed E-state index contributed by atoms with van der Waals surface area (Å²) in [4.78, 5) is 4.63. The van der Waals surface area contributed by atoms with Crippen molar-refractivity contribution in [3.63, 3.8) is 0 Å². The summed E-state index contributed by atoms with van der Waals surface area (Å²) in [5.74, 6) is -0.330. The number of aliphatic imine (C=N–C) groups is 1. The van der Waals surface area contributed by atoms with Crippen LogP contribution in [0.1, 0.15) is 58.1 Å². The number of hydrogen-bond acceptors (Lipinski definition) is 5. The average Bonchev–Trinajstić information content (AvgIpc) is 3.21. The van der Waals surface area contributed by atoms with Gasteiger partial charge in [0.25, 0.3) is 20.2 Å². The number of allylic oxidation sites excluding steroid dienone is 4. The van der Waals surface area contributed by atoms with E-state index in [1.165, 1.54) is 12.1 Å². The molecule has 0 atom stereocenters. The van der Waals surface area contributed by atoms with Crippen molar-refractivity contribution in [1.29, 1.82) is 0 Å². The van der Waals surface area contributed by atoms with Gasteiger partial charge in [-0.15, -0.1) is 0 Å². The van der Waals surface area contributed by atoms with Gasteiger partial charge < -0.3 is 0 Å². The van der Waals surface area contributed by atoms with Gasteiger partial charge in [-0.3, -0.25) is 14.1 Å². The summed E-state index contributed by atoms with van der Waals surface area (Å²) in [6.07, 6.45) is 9.28. The summed E-state index contributed by atoms with van der Waals surface area (Å²) < 4.78 is 66.7. The molecule has 0 radical (unpaired) electrons. The zero-order chi connectivity index (χ0) is 29.5. The van der Waals surface area contributed by atoms with Gasteiger partial charge in [-0.2, -0.15) is 21.4 Å². The van der Waals surface area contributed by atoms with Gasteiger partial charge in [0.05, 0.1) is 21.8 Å². The first-order chi connectivity index (χ1) is 18.5. The zero-order valence-corrected chi connectivity index (χ0v) is 25.3. The average molecular weight is 606 g/mol. The summed E-state index contributed by atoms with van der Waals surface area (Å²) in [5, 5.41) is 0.685. The van der Waals surface area contributed by atoms with Crippen molar-refractivity contribution in [2.45, 2.75) is 62.7 Å². The summed E-state index contributed by atoms with van der Waals surface area (Å²) >= 11 is 6.20. The maximum atomic E-state index is 11.8. The fourth-order valence-electron chi connectivity index (χ4n) is 5.36. The van der Waals surface area contributed by atoms with Crippen molar-refractivity contribution >= 4 is 54.6 Å². The van der Waals surface area contributed by atoms with Gasteiger partial charge in [0.1, 0.15) is 6.54 Å². The zero-order valence-electron chi connectivity index (χ0n) is 22.9. The first kappa shape index (κ1) is 30.3. The van der Waals surface area contributed by atoms with E-state index in [2.05, 4.69) is 13.8 Å². The topological polar surface area (TPSA) is 124 Å². The highest BCUT2D eigenvalue weighted by atomic mass is 35.5. The van der Waals surface area contributed by atoms with E-state index in [9.17, 15) is 21.4 Å². The molecule has 2 aliphatic rings. The Bertz CT molecular complexity index is 1680. The molecule has 0 saturated heterocycles. The van der Waals surface area contributed by atoms with E-state index in [-0.39, 0.29) is 22.5 Å². The molecule has 0 unspecified atom stereocenters. The highest BCUT2D eigenvalue weighted by Crippen LogP contribution is 2.43. The molecule has 8 nitrogen and oxygen atoms in total. The van der Waals surface area contributed by atoms with Crippen LogP contribution in [0.3, 0.4) is 0 Å². The van der Waals surface area contributed by atoms with Crippen molar-refractivity contribution in [3.8, 4) is 0 Å². The fraction of sp³-hybridized carbons (Fsp3) is 0.379. The van der Waals surface area contributed by atoms with Crippen LogP contribution in [0.15, 0.2) is 70.6 Å². The smallest absolute Gasteiger partial charge is 0.286 e. The summed E-state index contributed by atoms with van der Waals surface area (Å²) in [6, 6.07) is 10.2. The van der Waals surface area contributed by atoms with Crippen molar-refractivity contribution in [1.82, 2.24) is 0 Å². The van der Waals surface area contributed by atoms with Gasteiger partial charge in [-0.1, -0.05) is 43.7 Å². The molecule has 0 saturated carbocycles. The van der Waals surface area contributed by atoms with E-state index in [1.807, 2.05) is 60.9 Å². The second-order valence-corrected chi connectivity index (χ2v) is 14.6. The van der Waals surface area contributed by atoms with Crippen molar-refractivity contribution in [2.75, 3.05) is 12.3 Å². The lowest BCUT2D eigenvalue weighted by Gasteiger charge is -2.21. The quantitative estimate of drug-likeness (QED) is 0.144. The fourth-order valence-corrected chi connectivity index (χ4v) is 6.61. The Morgan fingerprint density at radius 3 is 2.33 bits per heavy atom. The van der Waals surface area contributed by atoms with Crippen molar-refractivity contribution < 1.29 is 30.5 Å². The molecular formula is C29H34ClN2O6S2+. The van der Waals surface area contributed by atoms with Gasteiger partial charge >= 0.3 is 0 Å². The predicted molar refractivity (Wildman–Crippen MR) is 159 cm³/mol. The highest BCUT2D eigenvalue weighted by Gasteiger charge is 2.44. The first-order valence-corrected chi connectivity index (χ1v) is 16.4. The van der Waals surface area contributed by atoms with Gasteiger partial charge in [0, 0.05) is 46.7 Å². The van der Waals surface area contributed by atoms with Crippen molar-refractivity contribution in [3.05, 3.63) is 76.9 Å². The molecule has 2 aromatic rings. The van der Waals surface area contributed by atoms with Gasteiger partial charge in [-0.25, -0.2) is 0 Å². The Morgan fingerprint density at radius 1 is 0.925 bits per heavy atom. The lowest BCUT2D eigenvalue weighted by molar-refractivity contribution is -0.438. The van der Waals surface area contributed by atoms with E-state index in [0.717, 1.165) is 33.9 Å². The minimum Gasteiger partial charge on any atom is -0.286 e. The normalized spacial score (nSPS) is 18.0. The summed E-state index contributed by atoms with van der Waals surface area (Å²) in [7, 11) is -8.43. The molecule has 40 heavy (non-hydrogen) atoms. The van der Waals surface area contributed by atoms with Gasteiger partial charge in [-0.05, 0) is 56.2 Å². The number of nitrogens with zero attached hydrogens (tertiary/aromatic N) is 2. The maximum absolute atomic E-state index is 11.8. The molecule has 214 valence electrons. The monoisotopic (exact) mass is 605 g/mol. The Kier molecular flexibility index (Phi) is 8.33. The Balaban J connectivity index is 1.58. The lowest BCUT2D eigenvalue weighted by atomic mass is 9.80. The van der Waals surface area contributed by atoms with E-state index in [0.29, 0.717) is 24.4 Å². The number of fused-ring (bicyclic) bond motifs is 2. The van der Waals surface area contributed by atoms with Crippen LogP contribution >= 0.6 is 11.6 Å². The molecule has 2 aromatic carbocycles. The Labute approximate surface area is 241 Å². The van der Waals surface area contributed by atoms with Crippen molar-refractivity contribution in [2.24, 2.45) is 4.99 Å². The van der Waals surface area contributed by atoms with E-state index >= 15 is 0 Å². The number of benzene rings is 2. The van der Waals surface area contributed by atoms with Crippen LogP contribution in [-0.4, -0.2) is 54.2 Å². The maximum Gasteiger partial charge on any atom is 0.294 e. The standard InChI is InChI=1S/C29H33ClN2O6S2/c1-28(2)22-18-20(30)12-14-24(22)31-26(28)10-6-5-7-11-27-29(3,4)23-19-21(40(36,37)38)13-15-25(23)32(27)16-8-9-17-39(33,34)35/h5-7,11-15,18-19H,8-10,16-17H2,1-4H3,(H-,33,34,35,36,37,38)/p+1. The molecule has 0 bridgehead atoms. The molecule has 2 aliphatic heterocycles. The molecule has 0 fully saturated rings. The summed E-state index contributed by atoms with van der Waals surface area (Å²) in [5.41, 5.74) is 4.66. The third-order valence-electron chi connectivity index (χ3n) is 7.62. The molecule has 11 heteroatoms. The molecule has 2 heterocycles. The van der Waals surface area contributed by atoms with Crippen LogP contribution in [-0.2, 0) is 31.1 Å². The van der Waals surface area contributed by atoms with Gasteiger partial charge in [0.2, 0.25) is 5.69 Å². The molecular weight excluding hydrogens is 572 g/mol. The number of unbranched alkanes of at least 4 members (excludes halogenated alkanes) is 1. The SMILES string of the molecule is CC1(C)C(CC=CC=CC2=[N+](CCCCS(=O)(=O)O)c3ccc(S(=O)(=O)O)cc3C2(C)C)=Nc2ccc(Cl)cc21. The summed E-state index contributed by atoms with van der Waals surface area (Å²) in [6.45, 7) is 8.67. The third kappa shape index (κ3) is 6.31. The number of halogens is 1. The number of rotatable bonds is 10. The molecule has 0 aromatic heterocycles. The Morgan fingerprint density at radius 2 is 1.65 bits per heavy atom. The van der Waals surface area contributed by atoms with Crippen LogP contribution in [0.4, 0.5) is 11.4 Å². The van der Waals surface area contributed by atoms with E-state index in [1.54, 1.807) is 6.07 Å². The predicted octanol–water partition coefficient (Wildman–Crippen LogP) is 6.20. The molecule has 0 amide bonds. The lowest BCUT2D eigenvalue weighted by Crippen LogP contribution is -2.28. The molecule has 0 aliphatic carbocycles. The third-order valence-corrected chi connectivity index (χ3v) is 9.51. The largest absolute Gasteiger partial charge is 0.294 e. The molecule has 0 spiro atoms. The second-order valence-electron chi connectivity index (χ2n) is 11.1. The van der Waals surface area contributed by atoms with Gasteiger partial charge in [0.15, 0.2) is 5.71 Å². The van der Waals surface area contributed by atoms with E-state index < -0.39 is 25.7 Å². The minimum absolute atomic E-state index is 0.182. The van der Waals surface area contributed by atoms with Crippen LogP contribution in [0.5, 0.6) is 0 Å². The molecule has 2 N–H and O–H groups in total. The second kappa shape index (κ2) is 11.0. The molecule has 4 rings (SSSR count). The van der Waals surface area contributed by atoms with Crippen LogP contribution in [0, 0.1) is 0 Å². The van der Waals surface area contributed by atoms with E-state index in [4.69, 9.17) is 21.1 Å². The Hall–Kier alpha value is -2.63. The first-order valence-electron chi connectivity index (χ1n) is 13.0. The van der Waals surface area contributed by atoms with Crippen LogP contribution in [0.25, 0.3) is 0 Å². The highest BCUT2D eigenvalue weighted by molar-refractivity contribution is 7.86. The minimum atomic E-state index is -4.38. The number of hydrogen-bond donors (Lipinski definition) is 2. The van der Waals surface area contributed by atoms with Crippen LogP contribution < -0.4 is 0 Å². The van der Waals surface area contributed by atoms with Crippen LogP contribution in [0.2, 0.25) is 5.02 Å².